The number of hydrogen-bond acceptors (Lipinski definition) is 4. The highest BCUT2D eigenvalue weighted by Crippen LogP contribution is 1.96. The van der Waals surface area contributed by atoms with Crippen molar-refractivity contribution in [1.82, 2.24) is 15.3 Å². The fraction of sp³-hybridized carbons (Fsp3) is 0.500. The van der Waals surface area contributed by atoms with Crippen LogP contribution in [0, 0.1) is 5.41 Å². The van der Waals surface area contributed by atoms with Crippen molar-refractivity contribution < 1.29 is 9.63 Å². The van der Waals surface area contributed by atoms with E-state index in [-0.39, 0.29) is 5.91 Å². The number of allylic oxidation sites excluding steroid dienone is 3. The molecule has 0 spiro atoms. The second-order valence-corrected chi connectivity index (χ2v) is 4.42. The van der Waals surface area contributed by atoms with Crippen molar-refractivity contribution in [3.8, 4) is 0 Å². The first-order chi connectivity index (χ1) is 9.92. The Labute approximate surface area is 126 Å². The molecule has 0 rings (SSSR count). The molecule has 1 amide bonds. The van der Waals surface area contributed by atoms with Crippen LogP contribution >= 0.6 is 0 Å². The predicted molar refractivity (Wildman–Crippen MR) is 85.2 cm³/mol. The number of carbonyl (C=O) groups excluding carboxylic acids is 1. The summed E-state index contributed by atoms with van der Waals surface area (Å²) < 4.78 is 0. The number of rotatable bonds is 8. The molecule has 0 aliphatic rings. The summed E-state index contributed by atoms with van der Waals surface area (Å²) >= 11 is 0. The van der Waals surface area contributed by atoms with Gasteiger partial charge in [-0.3, -0.25) is 10.2 Å². The number of likely N-dealkylation sites (N-methyl/N-ethyl adjacent to an activating group) is 2. The third-order valence-corrected chi connectivity index (χ3v) is 2.74. The van der Waals surface area contributed by atoms with Gasteiger partial charge in [0, 0.05) is 41.2 Å². The van der Waals surface area contributed by atoms with Crippen LogP contribution in [0.3, 0.4) is 0 Å². The molecule has 0 saturated heterocycles. The van der Waals surface area contributed by atoms with Crippen LogP contribution in [0.25, 0.3) is 0 Å². The number of nitrogens with one attached hydrogen (secondary N) is 2. The van der Waals surface area contributed by atoms with E-state index in [9.17, 15) is 4.79 Å². The molecule has 0 radical (unpaired) electrons. The van der Waals surface area contributed by atoms with Crippen LogP contribution in [-0.4, -0.2) is 62.1 Å². The topological polar surface area (TPSA) is 81.0 Å². The summed E-state index contributed by atoms with van der Waals surface area (Å²) in [5, 5.41) is 7.11. The maximum absolute atomic E-state index is 11.2. The molecular weight excluding hydrogens is 270 g/mol. The molecule has 0 atom stereocenters. The Morgan fingerprint density at radius 1 is 1.29 bits per heavy atom. The van der Waals surface area contributed by atoms with Crippen molar-refractivity contribution in [2.45, 2.75) is 13.8 Å². The lowest BCUT2D eigenvalue weighted by atomic mass is 10.3. The normalized spacial score (nSPS) is 12.4. The van der Waals surface area contributed by atoms with E-state index in [2.05, 4.69) is 10.5 Å². The molecule has 118 valence electrons. The summed E-state index contributed by atoms with van der Waals surface area (Å²) in [6.45, 7) is 4.57. The largest absolute Gasteiger partial charge is 0.414 e. The minimum Gasteiger partial charge on any atom is -0.414 e. The lowest BCUT2D eigenvalue weighted by Crippen LogP contribution is -2.36. The fourth-order valence-electron chi connectivity index (χ4n) is 1.37. The third kappa shape index (κ3) is 8.59. The van der Waals surface area contributed by atoms with E-state index < -0.39 is 0 Å². The molecule has 21 heavy (non-hydrogen) atoms. The Bertz CT molecular complexity index is 429. The number of amidine groups is 1. The second-order valence-electron chi connectivity index (χ2n) is 4.42. The Hall–Kier alpha value is -2.15. The van der Waals surface area contributed by atoms with E-state index in [0.29, 0.717) is 24.7 Å². The summed E-state index contributed by atoms with van der Waals surface area (Å²) in [6, 6.07) is 0. The fourth-order valence-corrected chi connectivity index (χ4v) is 1.37. The molecule has 0 aromatic heterocycles. The molecule has 0 saturated carbocycles. The summed E-state index contributed by atoms with van der Waals surface area (Å²) in [7, 11) is 5.30. The van der Waals surface area contributed by atoms with Crippen LogP contribution in [0.15, 0.2) is 29.0 Å². The van der Waals surface area contributed by atoms with E-state index >= 15 is 0 Å². The minimum atomic E-state index is 0.0206. The quantitative estimate of drug-likeness (QED) is 0.230. The third-order valence-electron chi connectivity index (χ3n) is 2.74. The molecule has 0 heterocycles. The van der Waals surface area contributed by atoms with Crippen molar-refractivity contribution in [2.75, 3.05) is 34.2 Å². The monoisotopic (exact) mass is 295 g/mol. The van der Waals surface area contributed by atoms with Crippen LogP contribution in [0.4, 0.5) is 0 Å². The Balaban J connectivity index is 4.64. The van der Waals surface area contributed by atoms with Gasteiger partial charge in [0.15, 0.2) is 0 Å². The average molecular weight is 295 g/mol. The highest BCUT2D eigenvalue weighted by Gasteiger charge is 2.06. The Kier molecular flexibility index (Phi) is 9.53. The first kappa shape index (κ1) is 18.9. The first-order valence-electron chi connectivity index (χ1n) is 6.60. The maximum Gasteiger partial charge on any atom is 0.219 e. The summed E-state index contributed by atoms with van der Waals surface area (Å²) in [5.41, 5.74) is 2.58. The molecular formula is C14H25N5O2. The van der Waals surface area contributed by atoms with Gasteiger partial charge in [-0.25, -0.2) is 4.99 Å². The van der Waals surface area contributed by atoms with Crippen LogP contribution in [0.2, 0.25) is 0 Å². The van der Waals surface area contributed by atoms with E-state index in [1.807, 2.05) is 18.9 Å². The van der Waals surface area contributed by atoms with Gasteiger partial charge in [0.1, 0.15) is 17.9 Å². The average Bonchev–Trinajstić information content (AvgIpc) is 2.43. The number of amides is 1. The molecule has 0 aliphatic carbocycles. The molecule has 7 nitrogen and oxygen atoms in total. The predicted octanol–water partition coefficient (Wildman–Crippen LogP) is 1.01. The van der Waals surface area contributed by atoms with Crippen LogP contribution < -0.4 is 5.48 Å². The first-order valence-corrected chi connectivity index (χ1v) is 6.60. The van der Waals surface area contributed by atoms with Gasteiger partial charge in [-0.2, -0.15) is 5.48 Å². The summed E-state index contributed by atoms with van der Waals surface area (Å²) in [6.07, 6.45) is 6.35. The SMILES string of the molecule is CNO/C(C)=C/C=C/C(=NC=N)N(C)CCN(C)C(C)=O. The lowest BCUT2D eigenvalue weighted by Gasteiger charge is -2.22. The van der Waals surface area contributed by atoms with Gasteiger partial charge in [0.05, 0.1) is 0 Å². The summed E-state index contributed by atoms with van der Waals surface area (Å²) in [4.78, 5) is 23.7. The van der Waals surface area contributed by atoms with Crippen molar-refractivity contribution in [2.24, 2.45) is 4.99 Å². The molecule has 0 unspecified atom stereocenters. The lowest BCUT2D eigenvalue weighted by molar-refractivity contribution is -0.127. The molecule has 0 fully saturated rings. The zero-order chi connectivity index (χ0) is 16.3. The van der Waals surface area contributed by atoms with Gasteiger partial charge < -0.3 is 14.6 Å². The minimum absolute atomic E-state index is 0.0206. The van der Waals surface area contributed by atoms with E-state index in [4.69, 9.17) is 10.2 Å². The molecule has 7 heteroatoms. The van der Waals surface area contributed by atoms with Crippen molar-refractivity contribution in [1.29, 1.82) is 5.41 Å². The highest BCUT2D eigenvalue weighted by atomic mass is 16.6. The van der Waals surface area contributed by atoms with Gasteiger partial charge in [-0.15, -0.1) is 0 Å². The van der Waals surface area contributed by atoms with Gasteiger partial charge in [0.2, 0.25) is 5.91 Å². The molecule has 0 aromatic rings. The van der Waals surface area contributed by atoms with Crippen molar-refractivity contribution in [3.05, 3.63) is 24.0 Å². The van der Waals surface area contributed by atoms with Crippen molar-refractivity contribution in [3.63, 3.8) is 0 Å². The van der Waals surface area contributed by atoms with Crippen molar-refractivity contribution >= 4 is 18.1 Å². The van der Waals surface area contributed by atoms with E-state index in [1.54, 1.807) is 37.2 Å². The van der Waals surface area contributed by atoms with Gasteiger partial charge in [0.25, 0.3) is 0 Å². The number of aliphatic imine (C=N–C) groups is 1. The standard InChI is InChI=1S/C14H25N5O2/c1-12(21-16-3)7-6-8-14(17-11-15)19(5)10-9-18(4)13(2)20/h6-8,11,15-16H,9-10H2,1-5H3/b8-6+,12-7+,15-11?,17-14?. The van der Waals surface area contributed by atoms with Gasteiger partial charge >= 0.3 is 0 Å². The van der Waals surface area contributed by atoms with Crippen LogP contribution in [0.1, 0.15) is 13.8 Å². The zero-order valence-corrected chi connectivity index (χ0v) is 13.4. The number of hydroxylamine groups is 1. The summed E-state index contributed by atoms with van der Waals surface area (Å²) in [5.74, 6) is 1.37. The zero-order valence-electron chi connectivity index (χ0n) is 13.4. The molecule has 2 N–H and O–H groups in total. The molecule has 0 bridgehead atoms. The molecule has 0 aromatic carbocycles. The smallest absolute Gasteiger partial charge is 0.219 e. The highest BCUT2D eigenvalue weighted by molar-refractivity contribution is 5.97. The number of hydrogen-bond donors (Lipinski definition) is 2. The van der Waals surface area contributed by atoms with Crippen LogP contribution in [0.5, 0.6) is 0 Å². The van der Waals surface area contributed by atoms with Crippen LogP contribution in [-0.2, 0) is 9.63 Å². The number of nitrogens with zero attached hydrogens (tertiary/aromatic N) is 3. The number of carbonyl (C=O) groups is 1. The maximum atomic E-state index is 11.2. The van der Waals surface area contributed by atoms with Gasteiger partial charge in [-0.1, -0.05) is 6.08 Å². The second kappa shape index (κ2) is 10.6. The Morgan fingerprint density at radius 3 is 2.43 bits per heavy atom. The van der Waals surface area contributed by atoms with Gasteiger partial charge in [-0.05, 0) is 19.1 Å². The van der Waals surface area contributed by atoms with E-state index in [0.717, 1.165) is 6.34 Å². The molecule has 0 aliphatic heterocycles. The Morgan fingerprint density at radius 2 is 1.90 bits per heavy atom. The van der Waals surface area contributed by atoms with E-state index in [1.165, 1.54) is 6.92 Å².